The Morgan fingerprint density at radius 3 is 2.25 bits per heavy atom. The summed E-state index contributed by atoms with van der Waals surface area (Å²) in [5.41, 5.74) is 4.96. The van der Waals surface area contributed by atoms with Crippen molar-refractivity contribution in [3.8, 4) is 5.75 Å². The summed E-state index contributed by atoms with van der Waals surface area (Å²) in [6.45, 7) is 6.04. The lowest BCUT2D eigenvalue weighted by atomic mass is 9.94. The van der Waals surface area contributed by atoms with Gasteiger partial charge in [-0.25, -0.2) is 0 Å². The van der Waals surface area contributed by atoms with Gasteiger partial charge in [-0.1, -0.05) is 28.1 Å². The molecule has 106 valence electrons. The van der Waals surface area contributed by atoms with E-state index in [9.17, 15) is 5.11 Å². The third-order valence-corrected chi connectivity index (χ3v) is 3.82. The van der Waals surface area contributed by atoms with Crippen molar-refractivity contribution in [3.05, 3.63) is 62.6 Å². The maximum absolute atomic E-state index is 10.7. The van der Waals surface area contributed by atoms with Crippen LogP contribution in [0.2, 0.25) is 0 Å². The molecule has 1 unspecified atom stereocenters. The normalized spacial score (nSPS) is 12.3. The first-order valence-electron chi connectivity index (χ1n) is 6.52. The first-order valence-corrected chi connectivity index (χ1v) is 7.32. The van der Waals surface area contributed by atoms with E-state index in [1.54, 1.807) is 7.11 Å². The molecule has 2 rings (SSSR count). The lowest BCUT2D eigenvalue weighted by Crippen LogP contribution is -2.06. The number of benzene rings is 2. The summed E-state index contributed by atoms with van der Waals surface area (Å²) in [6.07, 6.45) is -0.693. The van der Waals surface area contributed by atoms with E-state index in [1.165, 1.54) is 0 Å². The zero-order valence-corrected chi connectivity index (χ0v) is 13.8. The molecule has 2 nitrogen and oxygen atoms in total. The van der Waals surface area contributed by atoms with E-state index in [0.717, 1.165) is 38.0 Å². The smallest absolute Gasteiger partial charge is 0.125 e. The van der Waals surface area contributed by atoms with Crippen molar-refractivity contribution in [2.75, 3.05) is 7.11 Å². The maximum Gasteiger partial charge on any atom is 0.125 e. The first kappa shape index (κ1) is 15.1. The van der Waals surface area contributed by atoms with Crippen LogP contribution in [0.25, 0.3) is 0 Å². The zero-order valence-electron chi connectivity index (χ0n) is 12.2. The van der Waals surface area contributed by atoms with Crippen molar-refractivity contribution < 1.29 is 9.84 Å². The van der Waals surface area contributed by atoms with E-state index in [4.69, 9.17) is 4.74 Å². The van der Waals surface area contributed by atoms with Gasteiger partial charge in [0.15, 0.2) is 0 Å². The van der Waals surface area contributed by atoms with Crippen molar-refractivity contribution in [3.63, 3.8) is 0 Å². The van der Waals surface area contributed by atoms with Crippen molar-refractivity contribution in [2.45, 2.75) is 26.9 Å². The van der Waals surface area contributed by atoms with Crippen LogP contribution in [-0.2, 0) is 0 Å². The average Bonchev–Trinajstić information content (AvgIpc) is 2.35. The number of hydrogen-bond acceptors (Lipinski definition) is 2. The maximum atomic E-state index is 10.7. The van der Waals surface area contributed by atoms with Crippen LogP contribution >= 0.6 is 15.9 Å². The fraction of sp³-hybridized carbons (Fsp3) is 0.294. The summed E-state index contributed by atoms with van der Waals surface area (Å²) in [6, 6.07) is 9.97. The Bertz CT molecular complexity index is 615. The second-order valence-electron chi connectivity index (χ2n) is 5.16. The van der Waals surface area contributed by atoms with E-state index in [0.29, 0.717) is 0 Å². The number of rotatable bonds is 3. The molecule has 0 heterocycles. The van der Waals surface area contributed by atoms with E-state index in [1.807, 2.05) is 45.0 Å². The molecule has 0 aromatic heterocycles. The van der Waals surface area contributed by atoms with E-state index in [-0.39, 0.29) is 0 Å². The zero-order chi connectivity index (χ0) is 14.9. The summed E-state index contributed by atoms with van der Waals surface area (Å²) in [4.78, 5) is 0. The van der Waals surface area contributed by atoms with E-state index >= 15 is 0 Å². The number of halogens is 1. The molecule has 2 aromatic carbocycles. The second kappa shape index (κ2) is 5.98. The van der Waals surface area contributed by atoms with Crippen LogP contribution in [0, 0.1) is 20.8 Å². The van der Waals surface area contributed by atoms with Crippen LogP contribution in [0.5, 0.6) is 5.75 Å². The van der Waals surface area contributed by atoms with Gasteiger partial charge >= 0.3 is 0 Å². The third-order valence-electron chi connectivity index (χ3n) is 3.37. The quantitative estimate of drug-likeness (QED) is 0.897. The highest BCUT2D eigenvalue weighted by Gasteiger charge is 2.19. The molecule has 0 aliphatic carbocycles. The van der Waals surface area contributed by atoms with Gasteiger partial charge in [0.2, 0.25) is 0 Å². The molecule has 0 amide bonds. The summed E-state index contributed by atoms with van der Waals surface area (Å²) < 4.78 is 6.41. The Morgan fingerprint density at radius 2 is 1.65 bits per heavy atom. The predicted molar refractivity (Wildman–Crippen MR) is 85.4 cm³/mol. The number of aliphatic hydroxyl groups excluding tert-OH is 1. The van der Waals surface area contributed by atoms with Gasteiger partial charge in [-0.05, 0) is 61.2 Å². The molecule has 2 aromatic rings. The van der Waals surface area contributed by atoms with Crippen molar-refractivity contribution >= 4 is 15.9 Å². The Morgan fingerprint density at radius 1 is 1.00 bits per heavy atom. The van der Waals surface area contributed by atoms with Crippen LogP contribution in [0.3, 0.4) is 0 Å². The molecule has 1 N–H and O–H groups in total. The predicted octanol–water partition coefficient (Wildman–Crippen LogP) is 4.46. The van der Waals surface area contributed by atoms with Crippen LogP contribution in [0.15, 0.2) is 34.8 Å². The minimum absolute atomic E-state index is 0.693. The monoisotopic (exact) mass is 334 g/mol. The highest BCUT2D eigenvalue weighted by Crippen LogP contribution is 2.35. The highest BCUT2D eigenvalue weighted by molar-refractivity contribution is 9.10. The van der Waals surface area contributed by atoms with Gasteiger partial charge in [-0.2, -0.15) is 0 Å². The molecule has 0 fully saturated rings. The molecular weight excluding hydrogens is 316 g/mol. The van der Waals surface area contributed by atoms with Gasteiger partial charge in [-0.15, -0.1) is 0 Å². The minimum Gasteiger partial charge on any atom is -0.496 e. The molecule has 0 saturated carbocycles. The molecule has 1 atom stereocenters. The SMILES string of the molecule is COc1cc(C)cc(C)c1C(O)c1cc(C)cc(Br)c1. The largest absolute Gasteiger partial charge is 0.496 e. The first-order chi connectivity index (χ1) is 9.42. The van der Waals surface area contributed by atoms with Gasteiger partial charge in [-0.3, -0.25) is 0 Å². The molecule has 0 saturated heterocycles. The number of aliphatic hydroxyl groups is 1. The molecule has 0 radical (unpaired) electrons. The van der Waals surface area contributed by atoms with Gasteiger partial charge < -0.3 is 9.84 Å². The standard InChI is InChI=1S/C17H19BrO2/c1-10-5-12(3)16(15(8-10)20-4)17(19)13-6-11(2)7-14(18)9-13/h5-9,17,19H,1-4H3. The van der Waals surface area contributed by atoms with Crippen LogP contribution < -0.4 is 4.74 Å². The van der Waals surface area contributed by atoms with Gasteiger partial charge in [0, 0.05) is 10.0 Å². The molecule has 20 heavy (non-hydrogen) atoms. The third kappa shape index (κ3) is 3.05. The lowest BCUT2D eigenvalue weighted by Gasteiger charge is -2.19. The summed E-state index contributed by atoms with van der Waals surface area (Å²) in [7, 11) is 1.64. The van der Waals surface area contributed by atoms with Crippen LogP contribution in [0.4, 0.5) is 0 Å². The molecule has 3 heteroatoms. The number of aryl methyl sites for hydroxylation is 3. The molecule has 0 aliphatic rings. The molecular formula is C17H19BrO2. The van der Waals surface area contributed by atoms with Crippen molar-refractivity contribution in [1.29, 1.82) is 0 Å². The number of hydrogen-bond donors (Lipinski definition) is 1. The minimum atomic E-state index is -0.693. The molecule has 0 bridgehead atoms. The van der Waals surface area contributed by atoms with Crippen LogP contribution in [-0.4, -0.2) is 12.2 Å². The fourth-order valence-electron chi connectivity index (χ4n) is 2.55. The summed E-state index contributed by atoms with van der Waals surface area (Å²) in [5, 5.41) is 10.7. The van der Waals surface area contributed by atoms with Gasteiger partial charge in [0.05, 0.1) is 7.11 Å². The van der Waals surface area contributed by atoms with Crippen molar-refractivity contribution in [1.82, 2.24) is 0 Å². The van der Waals surface area contributed by atoms with E-state index < -0.39 is 6.10 Å². The Balaban J connectivity index is 2.55. The lowest BCUT2D eigenvalue weighted by molar-refractivity contribution is 0.213. The fourth-order valence-corrected chi connectivity index (χ4v) is 3.17. The number of ether oxygens (including phenoxy) is 1. The Kier molecular flexibility index (Phi) is 4.51. The summed E-state index contributed by atoms with van der Waals surface area (Å²) in [5.74, 6) is 0.729. The molecule has 0 spiro atoms. The topological polar surface area (TPSA) is 29.5 Å². The number of methoxy groups -OCH3 is 1. The van der Waals surface area contributed by atoms with Gasteiger partial charge in [0.25, 0.3) is 0 Å². The molecule has 0 aliphatic heterocycles. The average molecular weight is 335 g/mol. The second-order valence-corrected chi connectivity index (χ2v) is 6.08. The highest BCUT2D eigenvalue weighted by atomic mass is 79.9. The van der Waals surface area contributed by atoms with Gasteiger partial charge in [0.1, 0.15) is 11.9 Å². The van der Waals surface area contributed by atoms with Crippen LogP contribution in [0.1, 0.15) is 33.9 Å². The Hall–Kier alpha value is -1.32. The Labute approximate surface area is 128 Å². The van der Waals surface area contributed by atoms with Crippen molar-refractivity contribution in [2.24, 2.45) is 0 Å². The van der Waals surface area contributed by atoms with E-state index in [2.05, 4.69) is 22.0 Å². The summed E-state index contributed by atoms with van der Waals surface area (Å²) >= 11 is 3.48.